The molecule has 2 rings (SSSR count). The quantitative estimate of drug-likeness (QED) is 0.393. The molecule has 2 heterocycles. The maximum Gasteiger partial charge on any atom is 0.310 e. The van der Waals surface area contributed by atoms with E-state index in [-0.39, 0.29) is 37.5 Å². The highest BCUT2D eigenvalue weighted by Crippen LogP contribution is 2.19. The fraction of sp³-hybridized carbons (Fsp3) is 0.667. The van der Waals surface area contributed by atoms with Crippen LogP contribution < -0.4 is 0 Å². The van der Waals surface area contributed by atoms with Gasteiger partial charge in [0.2, 0.25) is 0 Å². The molecule has 1 atom stereocenters. The molecule has 2 aromatic rings. The minimum Gasteiger partial charge on any atom is -0.465 e. The van der Waals surface area contributed by atoms with Crippen LogP contribution in [0, 0.1) is 0 Å². The van der Waals surface area contributed by atoms with E-state index in [9.17, 15) is 9.59 Å². The molecule has 0 bridgehead atoms. The first-order valence-electron chi connectivity index (χ1n) is 11.7. The zero-order valence-corrected chi connectivity index (χ0v) is 20.0. The van der Waals surface area contributed by atoms with Crippen LogP contribution in [0.25, 0.3) is 0 Å². The molecule has 0 unspecified atom stereocenters. The zero-order valence-electron chi connectivity index (χ0n) is 20.0. The van der Waals surface area contributed by atoms with Crippen LogP contribution in [-0.4, -0.2) is 35.0 Å². The number of hydrogen-bond donors (Lipinski definition) is 0. The first kappa shape index (κ1) is 25.6. The minimum atomic E-state index is -0.330. The van der Waals surface area contributed by atoms with E-state index in [2.05, 4.69) is 10.3 Å². The van der Waals surface area contributed by atoms with Crippen molar-refractivity contribution in [2.24, 2.45) is 0 Å². The van der Waals surface area contributed by atoms with Gasteiger partial charge in [-0.2, -0.15) is 0 Å². The maximum atomic E-state index is 12.6. The molecule has 0 N–H and O–H groups in total. The summed E-state index contributed by atoms with van der Waals surface area (Å²) >= 11 is 0. The van der Waals surface area contributed by atoms with Crippen molar-refractivity contribution in [1.29, 1.82) is 0 Å². The van der Waals surface area contributed by atoms with Crippen LogP contribution in [0.15, 0.2) is 9.05 Å². The fourth-order valence-corrected chi connectivity index (χ4v) is 3.73. The Hall–Kier alpha value is -2.64. The SMILES string of the molecule is CCC[C@@H](CCOC(=O)Cc1c(CC)noc1CC)OC(=O)Cc1c(CC)noc1CC. The van der Waals surface area contributed by atoms with E-state index in [1.165, 1.54) is 0 Å². The van der Waals surface area contributed by atoms with Crippen LogP contribution in [0.3, 0.4) is 0 Å². The first-order valence-corrected chi connectivity index (χ1v) is 11.7. The van der Waals surface area contributed by atoms with Gasteiger partial charge in [-0.15, -0.1) is 0 Å². The van der Waals surface area contributed by atoms with Gasteiger partial charge in [-0.1, -0.05) is 51.4 Å². The van der Waals surface area contributed by atoms with Crippen molar-refractivity contribution in [3.05, 3.63) is 34.0 Å². The Kier molecular flexibility index (Phi) is 10.4. The molecule has 0 amide bonds. The Labute approximate surface area is 190 Å². The van der Waals surface area contributed by atoms with Crippen molar-refractivity contribution >= 4 is 11.9 Å². The van der Waals surface area contributed by atoms with Gasteiger partial charge in [0.1, 0.15) is 17.6 Å². The van der Waals surface area contributed by atoms with Gasteiger partial charge in [-0.25, -0.2) is 0 Å². The Morgan fingerprint density at radius 3 is 1.78 bits per heavy atom. The third-order valence-corrected chi connectivity index (χ3v) is 5.47. The topological polar surface area (TPSA) is 105 Å². The molecule has 0 saturated heterocycles. The van der Waals surface area contributed by atoms with Crippen LogP contribution in [0.5, 0.6) is 0 Å². The highest BCUT2D eigenvalue weighted by atomic mass is 16.6. The summed E-state index contributed by atoms with van der Waals surface area (Å²) in [5.74, 6) is 0.811. The van der Waals surface area contributed by atoms with Gasteiger partial charge in [0.15, 0.2) is 0 Å². The molecule has 0 aromatic carbocycles. The van der Waals surface area contributed by atoms with Gasteiger partial charge >= 0.3 is 11.9 Å². The third kappa shape index (κ3) is 6.93. The van der Waals surface area contributed by atoms with Crippen molar-refractivity contribution < 1.29 is 28.1 Å². The number of aromatic nitrogens is 2. The minimum absolute atomic E-state index is 0.140. The molecule has 2 aromatic heterocycles. The Morgan fingerprint density at radius 2 is 1.31 bits per heavy atom. The fourth-order valence-electron chi connectivity index (χ4n) is 3.73. The molecule has 178 valence electrons. The number of hydrogen-bond acceptors (Lipinski definition) is 8. The highest BCUT2D eigenvalue weighted by Gasteiger charge is 2.21. The molecule has 0 aliphatic carbocycles. The van der Waals surface area contributed by atoms with Crippen LogP contribution in [0.4, 0.5) is 0 Å². The van der Waals surface area contributed by atoms with Crippen molar-refractivity contribution in [1.82, 2.24) is 10.3 Å². The van der Waals surface area contributed by atoms with Gasteiger partial charge in [0.25, 0.3) is 0 Å². The number of carbonyl (C=O) groups excluding carboxylic acids is 2. The molecule has 0 radical (unpaired) electrons. The summed E-state index contributed by atoms with van der Waals surface area (Å²) in [4.78, 5) is 24.9. The lowest BCUT2D eigenvalue weighted by Gasteiger charge is -2.17. The molecule has 0 spiro atoms. The summed E-state index contributed by atoms with van der Waals surface area (Å²) in [7, 11) is 0. The highest BCUT2D eigenvalue weighted by molar-refractivity contribution is 5.74. The second kappa shape index (κ2) is 13.0. The van der Waals surface area contributed by atoms with Crippen LogP contribution in [0.1, 0.15) is 87.9 Å². The predicted molar refractivity (Wildman–Crippen MR) is 118 cm³/mol. The Balaban J connectivity index is 1.87. The second-order valence-corrected chi connectivity index (χ2v) is 7.74. The largest absolute Gasteiger partial charge is 0.465 e. The number of nitrogens with zero attached hydrogens (tertiary/aromatic N) is 2. The van der Waals surface area contributed by atoms with E-state index in [0.29, 0.717) is 38.5 Å². The average Bonchev–Trinajstić information content (AvgIpc) is 3.36. The molecular formula is C24H36N2O6. The second-order valence-electron chi connectivity index (χ2n) is 7.74. The summed E-state index contributed by atoms with van der Waals surface area (Å²) in [6.45, 7) is 10.1. The van der Waals surface area contributed by atoms with Crippen molar-refractivity contribution in [2.75, 3.05) is 6.61 Å². The van der Waals surface area contributed by atoms with E-state index >= 15 is 0 Å². The molecular weight excluding hydrogens is 412 g/mol. The van der Waals surface area contributed by atoms with Crippen molar-refractivity contribution in [3.8, 4) is 0 Å². The van der Waals surface area contributed by atoms with E-state index < -0.39 is 0 Å². The van der Waals surface area contributed by atoms with Crippen molar-refractivity contribution in [2.45, 2.75) is 98.5 Å². The lowest BCUT2D eigenvalue weighted by atomic mass is 10.1. The monoisotopic (exact) mass is 448 g/mol. The van der Waals surface area contributed by atoms with E-state index in [1.807, 2.05) is 34.6 Å². The number of esters is 2. The van der Waals surface area contributed by atoms with Gasteiger partial charge in [0.05, 0.1) is 30.8 Å². The Morgan fingerprint density at radius 1 is 0.781 bits per heavy atom. The van der Waals surface area contributed by atoms with E-state index in [0.717, 1.165) is 40.5 Å². The number of rotatable bonds is 14. The lowest BCUT2D eigenvalue weighted by Crippen LogP contribution is -2.23. The standard InChI is InChI=1S/C24H36N2O6/c1-6-11-16(30-24(28)15-18-20(8-3)26-32-22(18)10-5)12-13-29-23(27)14-17-19(7-2)25-31-21(17)9-4/h16H,6-15H2,1-5H3/t16-/m0/s1. The predicted octanol–water partition coefficient (Wildman–Crippen LogP) is 4.34. The van der Waals surface area contributed by atoms with Crippen LogP contribution in [0.2, 0.25) is 0 Å². The summed E-state index contributed by atoms with van der Waals surface area (Å²) in [5.41, 5.74) is 3.24. The molecule has 32 heavy (non-hydrogen) atoms. The van der Waals surface area contributed by atoms with Gasteiger partial charge < -0.3 is 18.5 Å². The molecule has 8 heteroatoms. The first-order chi connectivity index (χ1) is 15.5. The number of ether oxygens (including phenoxy) is 2. The van der Waals surface area contributed by atoms with E-state index in [4.69, 9.17) is 18.5 Å². The summed E-state index contributed by atoms with van der Waals surface area (Å²) in [6.07, 6.45) is 4.76. The molecule has 0 fully saturated rings. The zero-order chi connectivity index (χ0) is 23.5. The molecule has 8 nitrogen and oxygen atoms in total. The van der Waals surface area contributed by atoms with E-state index in [1.54, 1.807) is 0 Å². The summed E-state index contributed by atoms with van der Waals surface area (Å²) < 4.78 is 21.8. The van der Waals surface area contributed by atoms with Gasteiger partial charge in [-0.3, -0.25) is 9.59 Å². The normalized spacial score (nSPS) is 12.0. The van der Waals surface area contributed by atoms with Crippen molar-refractivity contribution in [3.63, 3.8) is 0 Å². The summed E-state index contributed by atoms with van der Waals surface area (Å²) in [5, 5.41) is 8.07. The smallest absolute Gasteiger partial charge is 0.310 e. The average molecular weight is 449 g/mol. The number of aryl methyl sites for hydroxylation is 4. The Bertz CT molecular complexity index is 827. The van der Waals surface area contributed by atoms with Crippen LogP contribution >= 0.6 is 0 Å². The van der Waals surface area contributed by atoms with Gasteiger partial charge in [0, 0.05) is 30.4 Å². The number of carbonyl (C=O) groups is 2. The van der Waals surface area contributed by atoms with Crippen LogP contribution in [-0.2, 0) is 57.6 Å². The lowest BCUT2D eigenvalue weighted by molar-refractivity contribution is -0.150. The van der Waals surface area contributed by atoms with Gasteiger partial charge in [-0.05, 0) is 19.3 Å². The third-order valence-electron chi connectivity index (χ3n) is 5.47. The molecule has 0 aliphatic rings. The maximum absolute atomic E-state index is 12.6. The molecule has 0 saturated carbocycles. The molecule has 0 aliphatic heterocycles. The summed E-state index contributed by atoms with van der Waals surface area (Å²) in [6, 6.07) is 0.